The molecular formula is C26H34N2O4Si. The molecule has 1 aromatic carbocycles. The van der Waals surface area contributed by atoms with Gasteiger partial charge < -0.3 is 18.0 Å². The van der Waals surface area contributed by atoms with Crippen molar-refractivity contribution in [3.05, 3.63) is 67.3 Å². The Morgan fingerprint density at radius 2 is 1.12 bits per heavy atom. The highest BCUT2D eigenvalue weighted by molar-refractivity contribution is 6.60. The molecule has 0 aliphatic heterocycles. The van der Waals surface area contributed by atoms with E-state index in [1.165, 1.54) is 0 Å². The second-order valence-electron chi connectivity index (χ2n) is 7.51. The molecule has 3 aromatic rings. The molecule has 0 N–H and O–H groups in total. The maximum absolute atomic E-state index is 6.19. The number of pyridine rings is 2. The first-order valence-electron chi connectivity index (χ1n) is 11.7. The third-order valence-electron chi connectivity index (χ3n) is 5.17. The normalized spacial score (nSPS) is 11.5. The summed E-state index contributed by atoms with van der Waals surface area (Å²) >= 11 is 0. The molecule has 0 saturated heterocycles. The Balaban J connectivity index is 1.67. The van der Waals surface area contributed by atoms with E-state index in [4.69, 9.17) is 18.0 Å². The smallest absolute Gasteiger partial charge is 0.494 e. The highest BCUT2D eigenvalue weighted by atomic mass is 28.4. The molecule has 0 unspecified atom stereocenters. The van der Waals surface area contributed by atoms with Crippen molar-refractivity contribution in [2.45, 2.75) is 39.7 Å². The molecule has 33 heavy (non-hydrogen) atoms. The van der Waals surface area contributed by atoms with E-state index in [0.717, 1.165) is 46.9 Å². The second-order valence-corrected chi connectivity index (χ2v) is 10.2. The van der Waals surface area contributed by atoms with Crippen LogP contribution in [0.2, 0.25) is 6.04 Å². The van der Waals surface area contributed by atoms with Gasteiger partial charge in [0.05, 0.1) is 6.61 Å². The topological polar surface area (TPSA) is 62.7 Å². The van der Waals surface area contributed by atoms with E-state index in [1.54, 1.807) is 24.8 Å². The van der Waals surface area contributed by atoms with Crippen molar-refractivity contribution in [1.82, 2.24) is 9.97 Å². The van der Waals surface area contributed by atoms with Gasteiger partial charge in [0.2, 0.25) is 0 Å². The first-order chi connectivity index (χ1) is 16.2. The van der Waals surface area contributed by atoms with Crippen LogP contribution in [0, 0.1) is 0 Å². The van der Waals surface area contributed by atoms with Crippen LogP contribution in [0.4, 0.5) is 0 Å². The van der Waals surface area contributed by atoms with Gasteiger partial charge in [0.1, 0.15) is 5.75 Å². The first kappa shape index (κ1) is 25.0. The maximum atomic E-state index is 6.19. The van der Waals surface area contributed by atoms with Crippen LogP contribution in [0.1, 0.15) is 33.6 Å². The zero-order valence-electron chi connectivity index (χ0n) is 19.8. The van der Waals surface area contributed by atoms with Crippen LogP contribution in [-0.2, 0) is 13.3 Å². The molecule has 2 heterocycles. The molecule has 0 amide bonds. The highest BCUT2D eigenvalue weighted by Gasteiger charge is 2.39. The van der Waals surface area contributed by atoms with Crippen molar-refractivity contribution in [2.75, 3.05) is 26.4 Å². The third kappa shape index (κ3) is 7.47. The van der Waals surface area contributed by atoms with E-state index in [-0.39, 0.29) is 0 Å². The summed E-state index contributed by atoms with van der Waals surface area (Å²) in [6, 6.07) is 15.2. The molecule has 176 valence electrons. The Labute approximate surface area is 198 Å². The fourth-order valence-corrected chi connectivity index (χ4v) is 6.42. The zero-order valence-corrected chi connectivity index (χ0v) is 20.8. The van der Waals surface area contributed by atoms with Gasteiger partial charge in [-0.25, -0.2) is 0 Å². The average Bonchev–Trinajstić information content (AvgIpc) is 2.85. The molecule has 0 bridgehead atoms. The zero-order chi connectivity index (χ0) is 23.4. The molecule has 7 heteroatoms. The fraction of sp³-hybridized carbons (Fsp3) is 0.385. The van der Waals surface area contributed by atoms with E-state index < -0.39 is 8.80 Å². The van der Waals surface area contributed by atoms with Gasteiger partial charge in [0, 0.05) is 50.7 Å². The SMILES string of the molecule is CCO[Si](CCCCOc1cc(-c2ccncc2)cc(-c2ccncc2)c1)(OCC)OCC. The van der Waals surface area contributed by atoms with Crippen molar-refractivity contribution in [3.8, 4) is 28.0 Å². The molecule has 2 aromatic heterocycles. The summed E-state index contributed by atoms with van der Waals surface area (Å²) in [6.07, 6.45) is 9.04. The lowest BCUT2D eigenvalue weighted by Gasteiger charge is -2.28. The molecule has 0 spiro atoms. The number of rotatable bonds is 14. The van der Waals surface area contributed by atoms with Crippen molar-refractivity contribution in [1.29, 1.82) is 0 Å². The number of hydrogen-bond donors (Lipinski definition) is 0. The lowest BCUT2D eigenvalue weighted by Crippen LogP contribution is -2.45. The Kier molecular flexibility index (Phi) is 10.0. The second kappa shape index (κ2) is 13.2. The predicted octanol–water partition coefficient (Wildman–Crippen LogP) is 6.02. The molecule has 0 aliphatic rings. The Hall–Kier alpha value is -2.58. The Morgan fingerprint density at radius 3 is 1.58 bits per heavy atom. The summed E-state index contributed by atoms with van der Waals surface area (Å²) in [7, 11) is -2.60. The van der Waals surface area contributed by atoms with Gasteiger partial charge in [-0.15, -0.1) is 0 Å². The van der Waals surface area contributed by atoms with Crippen molar-refractivity contribution in [2.24, 2.45) is 0 Å². The molecule has 0 radical (unpaired) electrons. The molecule has 0 saturated carbocycles. The van der Waals surface area contributed by atoms with Crippen LogP contribution >= 0.6 is 0 Å². The van der Waals surface area contributed by atoms with Gasteiger partial charge in [-0.2, -0.15) is 0 Å². The third-order valence-corrected chi connectivity index (χ3v) is 8.32. The fourth-order valence-electron chi connectivity index (χ4n) is 3.74. The average molecular weight is 467 g/mol. The predicted molar refractivity (Wildman–Crippen MR) is 133 cm³/mol. The molecule has 0 aliphatic carbocycles. The summed E-state index contributed by atoms with van der Waals surface area (Å²) < 4.78 is 24.0. The summed E-state index contributed by atoms with van der Waals surface area (Å²) in [6.45, 7) is 8.37. The van der Waals surface area contributed by atoms with Gasteiger partial charge in [0.15, 0.2) is 0 Å². The summed E-state index contributed by atoms with van der Waals surface area (Å²) in [5.74, 6) is 0.846. The van der Waals surface area contributed by atoms with Crippen LogP contribution in [0.5, 0.6) is 5.75 Å². The van der Waals surface area contributed by atoms with E-state index >= 15 is 0 Å². The largest absolute Gasteiger partial charge is 0.500 e. The number of hydrogen-bond acceptors (Lipinski definition) is 6. The van der Waals surface area contributed by atoms with Gasteiger partial charge in [-0.1, -0.05) is 0 Å². The monoisotopic (exact) mass is 466 g/mol. The number of unbranched alkanes of at least 4 members (excludes halogenated alkanes) is 1. The van der Waals surface area contributed by atoms with Gasteiger partial charge in [0.25, 0.3) is 0 Å². The van der Waals surface area contributed by atoms with E-state index in [1.807, 2.05) is 45.0 Å². The number of aromatic nitrogens is 2. The number of nitrogens with zero attached hydrogens (tertiary/aromatic N) is 2. The number of benzene rings is 1. The summed E-state index contributed by atoms with van der Waals surface area (Å²) in [5.41, 5.74) is 4.40. The van der Waals surface area contributed by atoms with Gasteiger partial charge in [-0.05, 0) is 98.3 Å². The lowest BCUT2D eigenvalue weighted by molar-refractivity contribution is 0.0704. The molecule has 6 nitrogen and oxygen atoms in total. The first-order valence-corrected chi connectivity index (χ1v) is 13.6. The molecular weight excluding hydrogens is 432 g/mol. The van der Waals surface area contributed by atoms with E-state index in [9.17, 15) is 0 Å². The molecule has 0 fully saturated rings. The van der Waals surface area contributed by atoms with Crippen molar-refractivity contribution < 1.29 is 18.0 Å². The standard InChI is InChI=1S/C26H34N2O4Si/c1-4-30-33(31-5-2,32-6-3)18-8-7-17-29-26-20-24(22-9-13-27-14-10-22)19-25(21-26)23-11-15-28-16-12-23/h9-16,19-21H,4-8,17-18H2,1-3H3. The van der Waals surface area contributed by atoms with Gasteiger partial charge in [-0.3, -0.25) is 9.97 Å². The minimum absolute atomic E-state index is 0.600. The maximum Gasteiger partial charge on any atom is 0.500 e. The molecule has 0 atom stereocenters. The van der Waals surface area contributed by atoms with Crippen molar-refractivity contribution in [3.63, 3.8) is 0 Å². The van der Waals surface area contributed by atoms with Crippen LogP contribution in [0.15, 0.2) is 67.3 Å². The minimum Gasteiger partial charge on any atom is -0.494 e. The quantitative estimate of drug-likeness (QED) is 0.214. The number of ether oxygens (including phenoxy) is 1. The van der Waals surface area contributed by atoms with Crippen LogP contribution in [-0.4, -0.2) is 45.2 Å². The summed E-state index contributed by atoms with van der Waals surface area (Å²) in [4.78, 5) is 8.27. The lowest BCUT2D eigenvalue weighted by atomic mass is 10.00. The summed E-state index contributed by atoms with van der Waals surface area (Å²) in [5, 5.41) is 0. The van der Waals surface area contributed by atoms with E-state index in [2.05, 4.69) is 28.2 Å². The van der Waals surface area contributed by atoms with Crippen molar-refractivity contribution >= 4 is 8.80 Å². The Bertz CT molecular complexity index is 882. The van der Waals surface area contributed by atoms with E-state index in [0.29, 0.717) is 26.4 Å². The van der Waals surface area contributed by atoms with Crippen LogP contribution in [0.3, 0.4) is 0 Å². The molecule has 3 rings (SSSR count). The highest BCUT2D eigenvalue weighted by Crippen LogP contribution is 2.31. The Morgan fingerprint density at radius 1 is 0.636 bits per heavy atom. The van der Waals surface area contributed by atoms with Crippen LogP contribution < -0.4 is 4.74 Å². The minimum atomic E-state index is -2.60. The van der Waals surface area contributed by atoms with Gasteiger partial charge >= 0.3 is 8.80 Å². The van der Waals surface area contributed by atoms with Crippen LogP contribution in [0.25, 0.3) is 22.3 Å².